The topological polar surface area (TPSA) is 74.7 Å². The van der Waals surface area contributed by atoms with Crippen molar-refractivity contribution < 1.29 is 0 Å². The highest BCUT2D eigenvalue weighted by Crippen LogP contribution is 2.24. The maximum absolute atomic E-state index is 9.33. The predicted octanol–water partition coefficient (Wildman–Crippen LogP) is 3.28. The zero-order valence-electron chi connectivity index (χ0n) is 12.9. The molecule has 0 fully saturated rings. The Morgan fingerprint density at radius 1 is 1.38 bits per heavy atom. The Bertz CT molecular complexity index is 672. The van der Waals surface area contributed by atoms with Crippen LogP contribution in [0.3, 0.4) is 0 Å². The molecule has 2 rings (SSSR count). The van der Waals surface area contributed by atoms with E-state index in [0.717, 1.165) is 17.3 Å². The molecule has 4 nitrogen and oxygen atoms in total. The van der Waals surface area contributed by atoms with Crippen molar-refractivity contribution in [2.24, 2.45) is 11.7 Å². The molecular formula is C17H22N4. The minimum Gasteiger partial charge on any atom is -0.364 e. The van der Waals surface area contributed by atoms with E-state index in [0.29, 0.717) is 23.8 Å². The van der Waals surface area contributed by atoms with E-state index in [1.165, 1.54) is 0 Å². The molecule has 0 aliphatic rings. The average molecular weight is 282 g/mol. The smallest absolute Gasteiger partial charge is 0.128 e. The third-order valence-corrected chi connectivity index (χ3v) is 3.58. The van der Waals surface area contributed by atoms with E-state index in [9.17, 15) is 5.26 Å². The number of benzene rings is 1. The molecule has 110 valence electrons. The quantitative estimate of drug-likeness (QED) is 0.882. The summed E-state index contributed by atoms with van der Waals surface area (Å²) in [7, 11) is 0. The van der Waals surface area contributed by atoms with Gasteiger partial charge in [0.05, 0.1) is 17.1 Å². The minimum absolute atomic E-state index is 0.226. The van der Waals surface area contributed by atoms with Gasteiger partial charge < -0.3 is 11.1 Å². The lowest BCUT2D eigenvalue weighted by atomic mass is 9.90. The highest BCUT2D eigenvalue weighted by atomic mass is 15.1. The molecule has 0 bridgehead atoms. The number of nitriles is 1. The first kappa shape index (κ1) is 15.3. The van der Waals surface area contributed by atoms with Crippen LogP contribution in [0.2, 0.25) is 0 Å². The lowest BCUT2D eigenvalue weighted by molar-refractivity contribution is 0.406. The summed E-state index contributed by atoms with van der Waals surface area (Å²) in [5.74, 6) is 1.24. The van der Waals surface area contributed by atoms with Crippen molar-refractivity contribution in [3.05, 3.63) is 35.9 Å². The second-order valence-corrected chi connectivity index (χ2v) is 6.17. The Kier molecular flexibility index (Phi) is 4.44. The fourth-order valence-electron chi connectivity index (χ4n) is 2.73. The van der Waals surface area contributed by atoms with Crippen LogP contribution in [-0.4, -0.2) is 17.1 Å². The molecule has 0 spiro atoms. The first-order chi connectivity index (χ1) is 9.97. The first-order valence-electron chi connectivity index (χ1n) is 7.25. The number of nitrogens with two attached hydrogens (primary N) is 1. The van der Waals surface area contributed by atoms with Gasteiger partial charge in [-0.25, -0.2) is 4.98 Å². The third kappa shape index (κ3) is 3.50. The van der Waals surface area contributed by atoms with Crippen LogP contribution in [0, 0.1) is 17.2 Å². The normalized spacial score (nSPS) is 13.9. The van der Waals surface area contributed by atoms with Crippen molar-refractivity contribution in [1.29, 1.82) is 5.26 Å². The summed E-state index contributed by atoms with van der Waals surface area (Å²) < 4.78 is 0. The maximum atomic E-state index is 9.33. The lowest BCUT2D eigenvalue weighted by Crippen LogP contribution is -2.43. The number of hydrogen-bond donors (Lipinski definition) is 2. The highest BCUT2D eigenvalue weighted by molar-refractivity contribution is 5.86. The van der Waals surface area contributed by atoms with E-state index in [2.05, 4.69) is 37.1 Å². The van der Waals surface area contributed by atoms with Crippen LogP contribution in [0.25, 0.3) is 10.9 Å². The van der Waals surface area contributed by atoms with Crippen molar-refractivity contribution in [3.8, 4) is 6.07 Å². The number of para-hydroxylation sites is 1. The first-order valence-corrected chi connectivity index (χ1v) is 7.25. The number of nitrogens with zero attached hydrogens (tertiary/aromatic N) is 2. The molecule has 0 amide bonds. The van der Waals surface area contributed by atoms with Gasteiger partial charge >= 0.3 is 0 Å². The Balaban J connectivity index is 2.41. The van der Waals surface area contributed by atoms with Crippen LogP contribution in [0.15, 0.2) is 30.3 Å². The van der Waals surface area contributed by atoms with E-state index < -0.39 is 0 Å². The fraction of sp³-hybridized carbons (Fsp3) is 0.412. The largest absolute Gasteiger partial charge is 0.364 e. The van der Waals surface area contributed by atoms with Crippen LogP contribution in [-0.2, 0) is 0 Å². The number of aromatic nitrogens is 1. The number of anilines is 1. The van der Waals surface area contributed by atoms with E-state index >= 15 is 0 Å². The van der Waals surface area contributed by atoms with Gasteiger partial charge in [0.15, 0.2) is 0 Å². The van der Waals surface area contributed by atoms with E-state index in [-0.39, 0.29) is 5.54 Å². The maximum Gasteiger partial charge on any atom is 0.128 e. The van der Waals surface area contributed by atoms with E-state index in [4.69, 9.17) is 5.73 Å². The second kappa shape index (κ2) is 6.11. The molecule has 4 heteroatoms. The molecule has 0 aliphatic heterocycles. The van der Waals surface area contributed by atoms with Crippen molar-refractivity contribution in [2.75, 3.05) is 11.9 Å². The van der Waals surface area contributed by atoms with Gasteiger partial charge in [0.2, 0.25) is 0 Å². The van der Waals surface area contributed by atoms with Gasteiger partial charge in [0, 0.05) is 17.5 Å². The Morgan fingerprint density at radius 3 is 2.71 bits per heavy atom. The van der Waals surface area contributed by atoms with Crippen LogP contribution in [0.1, 0.15) is 32.8 Å². The van der Waals surface area contributed by atoms with Gasteiger partial charge in [0.1, 0.15) is 5.82 Å². The predicted molar refractivity (Wildman–Crippen MR) is 87.0 cm³/mol. The molecule has 3 N–H and O–H groups in total. The van der Waals surface area contributed by atoms with Gasteiger partial charge in [-0.05, 0) is 31.4 Å². The van der Waals surface area contributed by atoms with Gasteiger partial charge in [-0.15, -0.1) is 0 Å². The molecule has 0 saturated heterocycles. The second-order valence-electron chi connectivity index (χ2n) is 6.17. The summed E-state index contributed by atoms with van der Waals surface area (Å²) in [6.45, 7) is 6.95. The molecular weight excluding hydrogens is 260 g/mol. The average Bonchev–Trinajstić information content (AvgIpc) is 2.45. The summed E-state index contributed by atoms with van der Waals surface area (Å²) in [5.41, 5.74) is 7.16. The fourth-order valence-corrected chi connectivity index (χ4v) is 2.73. The zero-order chi connectivity index (χ0) is 15.5. The number of hydrogen-bond acceptors (Lipinski definition) is 4. The molecule has 1 heterocycles. The standard InChI is InChI=1S/C17H22N4/c1-12(2)9-17(3,11-19)21-16-8-13(10-18)14-6-4-5-7-15(14)20-16/h4-8,12H,9,11,19H2,1-3H3,(H,20,21). The highest BCUT2D eigenvalue weighted by Gasteiger charge is 2.24. The minimum atomic E-state index is -0.226. The molecule has 0 saturated carbocycles. The lowest BCUT2D eigenvalue weighted by Gasteiger charge is -2.32. The molecule has 1 aromatic heterocycles. The monoisotopic (exact) mass is 282 g/mol. The van der Waals surface area contributed by atoms with Crippen LogP contribution < -0.4 is 11.1 Å². The number of pyridine rings is 1. The van der Waals surface area contributed by atoms with Gasteiger partial charge in [-0.2, -0.15) is 5.26 Å². The summed E-state index contributed by atoms with van der Waals surface area (Å²) in [6.07, 6.45) is 0.944. The van der Waals surface area contributed by atoms with Crippen molar-refractivity contribution in [1.82, 2.24) is 4.98 Å². The number of nitrogens with one attached hydrogen (secondary N) is 1. The van der Waals surface area contributed by atoms with Gasteiger partial charge in [-0.3, -0.25) is 0 Å². The number of fused-ring (bicyclic) bond motifs is 1. The SMILES string of the molecule is CC(C)CC(C)(CN)Nc1cc(C#N)c2ccccc2n1. The van der Waals surface area contributed by atoms with Crippen molar-refractivity contribution in [2.45, 2.75) is 32.7 Å². The number of rotatable bonds is 5. The van der Waals surface area contributed by atoms with Crippen molar-refractivity contribution in [3.63, 3.8) is 0 Å². The van der Waals surface area contributed by atoms with Gasteiger partial charge in [-0.1, -0.05) is 32.0 Å². The van der Waals surface area contributed by atoms with Crippen LogP contribution in [0.4, 0.5) is 5.82 Å². The van der Waals surface area contributed by atoms with E-state index in [1.807, 2.05) is 24.3 Å². The summed E-state index contributed by atoms with van der Waals surface area (Å²) in [5, 5.41) is 13.6. The molecule has 1 atom stereocenters. The molecule has 0 radical (unpaired) electrons. The summed E-state index contributed by atoms with van der Waals surface area (Å²) in [6, 6.07) is 11.7. The zero-order valence-corrected chi connectivity index (χ0v) is 12.9. The molecule has 2 aromatic rings. The third-order valence-electron chi connectivity index (χ3n) is 3.58. The van der Waals surface area contributed by atoms with Crippen LogP contribution >= 0.6 is 0 Å². The molecule has 0 aliphatic carbocycles. The van der Waals surface area contributed by atoms with Crippen LogP contribution in [0.5, 0.6) is 0 Å². The Hall–Kier alpha value is -2.12. The molecule has 1 aromatic carbocycles. The summed E-state index contributed by atoms with van der Waals surface area (Å²) in [4.78, 5) is 4.61. The Morgan fingerprint density at radius 2 is 2.10 bits per heavy atom. The van der Waals surface area contributed by atoms with Gasteiger partial charge in [0.25, 0.3) is 0 Å². The Labute approximate surface area is 126 Å². The van der Waals surface area contributed by atoms with E-state index in [1.54, 1.807) is 6.07 Å². The summed E-state index contributed by atoms with van der Waals surface area (Å²) >= 11 is 0. The van der Waals surface area contributed by atoms with Crippen molar-refractivity contribution >= 4 is 16.7 Å². The molecule has 1 unspecified atom stereocenters. The molecule has 21 heavy (non-hydrogen) atoms.